The van der Waals surface area contributed by atoms with E-state index in [9.17, 15) is 9.59 Å². The summed E-state index contributed by atoms with van der Waals surface area (Å²) in [6, 6.07) is 7.41. The molecule has 2 amide bonds. The second-order valence-electron chi connectivity index (χ2n) is 4.99. The number of nitrogens with one attached hydrogen (secondary N) is 1. The number of carbonyl (C=O) groups is 2. The Morgan fingerprint density at radius 1 is 1.50 bits per heavy atom. The summed E-state index contributed by atoms with van der Waals surface area (Å²) in [5.41, 5.74) is 0.959. The van der Waals surface area contributed by atoms with Crippen LogP contribution in [0.5, 0.6) is 0 Å². The van der Waals surface area contributed by atoms with Gasteiger partial charge in [-0.3, -0.25) is 9.59 Å². The second kappa shape index (κ2) is 5.30. The first-order chi connectivity index (χ1) is 9.62. The number of rotatable bonds is 3. The molecule has 1 atom stereocenters. The highest BCUT2D eigenvalue weighted by Crippen LogP contribution is 2.44. The molecule has 2 heterocycles. The van der Waals surface area contributed by atoms with Gasteiger partial charge in [-0.2, -0.15) is 0 Å². The Balaban J connectivity index is 1.69. The molecule has 2 aliphatic heterocycles. The maximum absolute atomic E-state index is 12.5. The van der Waals surface area contributed by atoms with Crippen LogP contribution < -0.4 is 5.32 Å². The molecule has 20 heavy (non-hydrogen) atoms. The summed E-state index contributed by atoms with van der Waals surface area (Å²) in [5, 5.41) is 3.59. The molecule has 106 valence electrons. The van der Waals surface area contributed by atoms with Gasteiger partial charge in [0.15, 0.2) is 4.87 Å². The standard InChI is InChI=1S/C14H15ClN2O2S/c15-11-3-1-2-10(8-11)9-16-13(19)14-5-4-12(18)17(14)6-7-20-14/h1-3,8H,4-7,9H2,(H,16,19). The van der Waals surface area contributed by atoms with Crippen molar-refractivity contribution in [3.8, 4) is 0 Å². The van der Waals surface area contributed by atoms with E-state index in [4.69, 9.17) is 11.6 Å². The van der Waals surface area contributed by atoms with Crippen molar-refractivity contribution in [1.29, 1.82) is 0 Å². The van der Waals surface area contributed by atoms with E-state index < -0.39 is 4.87 Å². The summed E-state index contributed by atoms with van der Waals surface area (Å²) in [6.07, 6.45) is 1.08. The van der Waals surface area contributed by atoms with Crippen LogP contribution in [0.1, 0.15) is 18.4 Å². The van der Waals surface area contributed by atoms with E-state index in [1.54, 1.807) is 22.7 Å². The van der Waals surface area contributed by atoms with Crippen molar-refractivity contribution >= 4 is 35.2 Å². The highest BCUT2D eigenvalue weighted by atomic mass is 35.5. The Morgan fingerprint density at radius 3 is 3.15 bits per heavy atom. The van der Waals surface area contributed by atoms with Crippen molar-refractivity contribution in [3.05, 3.63) is 34.9 Å². The predicted molar refractivity (Wildman–Crippen MR) is 79.4 cm³/mol. The Morgan fingerprint density at radius 2 is 2.35 bits per heavy atom. The molecule has 1 N–H and O–H groups in total. The molecule has 2 fully saturated rings. The minimum absolute atomic E-state index is 0.0641. The normalized spacial score (nSPS) is 24.9. The molecule has 0 saturated carbocycles. The number of nitrogens with zero attached hydrogens (tertiary/aromatic N) is 1. The summed E-state index contributed by atoms with van der Waals surface area (Å²) >= 11 is 7.50. The zero-order chi connectivity index (χ0) is 14.2. The topological polar surface area (TPSA) is 49.4 Å². The third-order valence-corrected chi connectivity index (χ3v) is 5.48. The maximum atomic E-state index is 12.5. The van der Waals surface area contributed by atoms with E-state index in [1.165, 1.54) is 0 Å². The van der Waals surface area contributed by atoms with E-state index in [1.807, 2.05) is 18.2 Å². The van der Waals surface area contributed by atoms with Crippen LogP contribution in [0.25, 0.3) is 0 Å². The fourth-order valence-electron chi connectivity index (χ4n) is 2.78. The predicted octanol–water partition coefficient (Wildman–Crippen LogP) is 2.02. The number of amides is 2. The van der Waals surface area contributed by atoms with E-state index in [0.717, 1.165) is 11.3 Å². The van der Waals surface area contributed by atoms with Crippen LogP contribution in [0.4, 0.5) is 0 Å². The van der Waals surface area contributed by atoms with E-state index in [2.05, 4.69) is 5.32 Å². The van der Waals surface area contributed by atoms with Crippen LogP contribution in [0.15, 0.2) is 24.3 Å². The van der Waals surface area contributed by atoms with E-state index >= 15 is 0 Å². The fraction of sp³-hybridized carbons (Fsp3) is 0.429. The third kappa shape index (κ3) is 2.29. The molecular weight excluding hydrogens is 296 g/mol. The Hall–Kier alpha value is -1.20. The van der Waals surface area contributed by atoms with Gasteiger partial charge in [0.1, 0.15) is 0 Å². The largest absolute Gasteiger partial charge is 0.349 e. The SMILES string of the molecule is O=C1CCC2(C(=O)NCc3cccc(Cl)c3)SCCN12. The van der Waals surface area contributed by atoms with Gasteiger partial charge in [-0.05, 0) is 24.1 Å². The molecule has 0 spiro atoms. The number of benzene rings is 1. The van der Waals surface area contributed by atoms with Gasteiger partial charge in [0.2, 0.25) is 5.91 Å². The van der Waals surface area contributed by atoms with Crippen molar-refractivity contribution in [3.63, 3.8) is 0 Å². The van der Waals surface area contributed by atoms with Crippen LogP contribution in [0.3, 0.4) is 0 Å². The lowest BCUT2D eigenvalue weighted by Gasteiger charge is -2.29. The lowest BCUT2D eigenvalue weighted by atomic mass is 10.1. The monoisotopic (exact) mass is 310 g/mol. The maximum Gasteiger partial charge on any atom is 0.256 e. The first kappa shape index (κ1) is 13.8. The van der Waals surface area contributed by atoms with E-state index in [-0.39, 0.29) is 11.8 Å². The van der Waals surface area contributed by atoms with Crippen LogP contribution in [-0.4, -0.2) is 33.9 Å². The van der Waals surface area contributed by atoms with Crippen LogP contribution >= 0.6 is 23.4 Å². The Kier molecular flexibility index (Phi) is 3.65. The average molecular weight is 311 g/mol. The molecule has 0 bridgehead atoms. The first-order valence-corrected chi connectivity index (χ1v) is 7.95. The van der Waals surface area contributed by atoms with E-state index in [0.29, 0.717) is 31.0 Å². The smallest absolute Gasteiger partial charge is 0.256 e. The van der Waals surface area contributed by atoms with Gasteiger partial charge in [-0.25, -0.2) is 0 Å². The highest BCUT2D eigenvalue weighted by Gasteiger charge is 2.54. The van der Waals surface area contributed by atoms with Gasteiger partial charge in [-0.1, -0.05) is 23.7 Å². The van der Waals surface area contributed by atoms with Crippen molar-refractivity contribution in [1.82, 2.24) is 10.2 Å². The minimum atomic E-state index is -0.671. The van der Waals surface area contributed by atoms with Crippen LogP contribution in [0.2, 0.25) is 5.02 Å². The molecule has 4 nitrogen and oxygen atoms in total. The third-order valence-electron chi connectivity index (χ3n) is 3.77. The molecular formula is C14H15ClN2O2S. The van der Waals surface area contributed by atoms with Crippen molar-refractivity contribution in [2.45, 2.75) is 24.3 Å². The molecule has 0 radical (unpaired) electrons. The number of hydrogen-bond acceptors (Lipinski definition) is 3. The summed E-state index contributed by atoms with van der Waals surface area (Å²) in [6.45, 7) is 1.11. The molecule has 1 aromatic rings. The molecule has 3 rings (SSSR count). The molecule has 6 heteroatoms. The van der Waals surface area contributed by atoms with Gasteiger partial charge in [0.05, 0.1) is 0 Å². The van der Waals surface area contributed by atoms with Crippen LogP contribution in [-0.2, 0) is 16.1 Å². The number of hydrogen-bond donors (Lipinski definition) is 1. The second-order valence-corrected chi connectivity index (χ2v) is 6.80. The van der Waals surface area contributed by atoms with Crippen molar-refractivity contribution in [2.75, 3.05) is 12.3 Å². The Bertz CT molecular complexity index is 566. The average Bonchev–Trinajstić information content (AvgIpc) is 2.99. The molecule has 2 saturated heterocycles. The summed E-state index contributed by atoms with van der Waals surface area (Å²) in [4.78, 5) is 25.3. The lowest BCUT2D eigenvalue weighted by molar-refractivity contribution is -0.135. The molecule has 1 aromatic carbocycles. The number of halogens is 1. The van der Waals surface area contributed by atoms with Crippen molar-refractivity contribution < 1.29 is 9.59 Å². The summed E-state index contributed by atoms with van der Waals surface area (Å²) < 4.78 is 0. The summed E-state index contributed by atoms with van der Waals surface area (Å²) in [7, 11) is 0. The van der Waals surface area contributed by atoms with Gasteiger partial charge >= 0.3 is 0 Å². The zero-order valence-corrected chi connectivity index (χ0v) is 12.5. The Labute approximate surface area is 126 Å². The van der Waals surface area contributed by atoms with Crippen molar-refractivity contribution in [2.24, 2.45) is 0 Å². The first-order valence-electron chi connectivity index (χ1n) is 6.59. The minimum Gasteiger partial charge on any atom is -0.349 e. The van der Waals surface area contributed by atoms with Gasteiger partial charge in [0, 0.05) is 30.3 Å². The van der Waals surface area contributed by atoms with Gasteiger partial charge in [0.25, 0.3) is 5.91 Å². The molecule has 0 aliphatic carbocycles. The van der Waals surface area contributed by atoms with Crippen LogP contribution in [0, 0.1) is 0 Å². The highest BCUT2D eigenvalue weighted by molar-refractivity contribution is 8.01. The lowest BCUT2D eigenvalue weighted by Crippen LogP contribution is -2.50. The fourth-order valence-corrected chi connectivity index (χ4v) is 4.40. The molecule has 2 aliphatic rings. The van der Waals surface area contributed by atoms with Gasteiger partial charge < -0.3 is 10.2 Å². The number of carbonyl (C=O) groups excluding carboxylic acids is 2. The molecule has 1 unspecified atom stereocenters. The van der Waals surface area contributed by atoms with Gasteiger partial charge in [-0.15, -0.1) is 11.8 Å². The number of fused-ring (bicyclic) bond motifs is 1. The summed E-state index contributed by atoms with van der Waals surface area (Å²) in [5.74, 6) is 0.856. The molecule has 0 aromatic heterocycles. The number of thioether (sulfide) groups is 1. The zero-order valence-electron chi connectivity index (χ0n) is 10.9. The quantitative estimate of drug-likeness (QED) is 0.929.